The Bertz CT molecular complexity index is 550. The fourth-order valence-corrected chi connectivity index (χ4v) is 2.20. The third kappa shape index (κ3) is 2.60. The highest BCUT2D eigenvalue weighted by molar-refractivity contribution is 6.31. The van der Waals surface area contributed by atoms with Crippen LogP contribution in [0.5, 0.6) is 0 Å². The van der Waals surface area contributed by atoms with Crippen LogP contribution >= 0.6 is 11.6 Å². The summed E-state index contributed by atoms with van der Waals surface area (Å²) >= 11 is 5.88. The standard InChI is InChI=1S/C14H11ClF3N/c1-19-14(8-4-2-6-10(16)12(8)15)9-5-3-7-11(17)13(9)18/h2-7,14,19H,1H3. The molecule has 0 aromatic heterocycles. The number of halogens is 4. The van der Waals surface area contributed by atoms with Gasteiger partial charge >= 0.3 is 0 Å². The van der Waals surface area contributed by atoms with Gasteiger partial charge in [-0.15, -0.1) is 0 Å². The Labute approximate surface area is 114 Å². The lowest BCUT2D eigenvalue weighted by Crippen LogP contribution is -2.20. The Kier molecular flexibility index (Phi) is 4.12. The first-order valence-corrected chi connectivity index (χ1v) is 5.99. The maximum absolute atomic E-state index is 13.8. The Morgan fingerprint density at radius 3 is 2.16 bits per heavy atom. The molecule has 0 saturated carbocycles. The molecule has 0 heterocycles. The van der Waals surface area contributed by atoms with Gasteiger partial charge in [0.25, 0.3) is 0 Å². The van der Waals surface area contributed by atoms with E-state index in [0.29, 0.717) is 5.56 Å². The van der Waals surface area contributed by atoms with Crippen LogP contribution in [0.15, 0.2) is 36.4 Å². The molecule has 0 bridgehead atoms. The van der Waals surface area contributed by atoms with Crippen LogP contribution in [0.3, 0.4) is 0 Å². The zero-order valence-electron chi connectivity index (χ0n) is 10.1. The third-order valence-electron chi connectivity index (χ3n) is 2.87. The van der Waals surface area contributed by atoms with E-state index in [1.54, 1.807) is 13.1 Å². The molecule has 0 aliphatic heterocycles. The Morgan fingerprint density at radius 2 is 1.53 bits per heavy atom. The Balaban J connectivity index is 2.57. The maximum atomic E-state index is 13.8. The SMILES string of the molecule is CNC(c1cccc(F)c1F)c1cccc(F)c1Cl. The van der Waals surface area contributed by atoms with Crippen molar-refractivity contribution in [1.82, 2.24) is 5.32 Å². The van der Waals surface area contributed by atoms with Crippen molar-refractivity contribution in [3.8, 4) is 0 Å². The first-order valence-electron chi connectivity index (χ1n) is 5.61. The van der Waals surface area contributed by atoms with E-state index in [0.717, 1.165) is 6.07 Å². The van der Waals surface area contributed by atoms with Gasteiger partial charge in [-0.05, 0) is 24.7 Å². The van der Waals surface area contributed by atoms with E-state index in [-0.39, 0.29) is 10.6 Å². The summed E-state index contributed by atoms with van der Waals surface area (Å²) in [5.74, 6) is -2.52. The van der Waals surface area contributed by atoms with Crippen LogP contribution in [-0.4, -0.2) is 7.05 Å². The predicted octanol–water partition coefficient (Wildman–Crippen LogP) is 4.07. The number of hydrogen-bond acceptors (Lipinski definition) is 1. The average Bonchev–Trinajstić information content (AvgIpc) is 2.40. The maximum Gasteiger partial charge on any atom is 0.163 e. The lowest BCUT2D eigenvalue weighted by molar-refractivity contribution is 0.487. The monoisotopic (exact) mass is 285 g/mol. The molecule has 1 atom stereocenters. The molecule has 1 nitrogen and oxygen atoms in total. The summed E-state index contributed by atoms with van der Waals surface area (Å²) in [5, 5.41) is 2.71. The van der Waals surface area contributed by atoms with Gasteiger partial charge in [0.2, 0.25) is 0 Å². The van der Waals surface area contributed by atoms with E-state index in [4.69, 9.17) is 11.6 Å². The van der Waals surface area contributed by atoms with Crippen molar-refractivity contribution in [2.75, 3.05) is 7.05 Å². The van der Waals surface area contributed by atoms with Crippen molar-refractivity contribution in [2.45, 2.75) is 6.04 Å². The molecule has 0 aliphatic carbocycles. The normalized spacial score (nSPS) is 12.5. The van der Waals surface area contributed by atoms with Gasteiger partial charge in [-0.1, -0.05) is 35.9 Å². The van der Waals surface area contributed by atoms with Gasteiger partial charge in [0.05, 0.1) is 11.1 Å². The molecule has 0 spiro atoms. The molecule has 19 heavy (non-hydrogen) atoms. The first-order chi connectivity index (χ1) is 9.06. The zero-order valence-corrected chi connectivity index (χ0v) is 10.8. The molecule has 0 aliphatic rings. The second-order valence-corrected chi connectivity index (χ2v) is 4.39. The molecule has 5 heteroatoms. The molecule has 1 N–H and O–H groups in total. The van der Waals surface area contributed by atoms with E-state index >= 15 is 0 Å². The largest absolute Gasteiger partial charge is 0.309 e. The zero-order chi connectivity index (χ0) is 14.0. The highest BCUT2D eigenvalue weighted by Crippen LogP contribution is 2.31. The van der Waals surface area contributed by atoms with Gasteiger partial charge in [-0.2, -0.15) is 0 Å². The fourth-order valence-electron chi connectivity index (χ4n) is 1.97. The van der Waals surface area contributed by atoms with Crippen LogP contribution in [0.1, 0.15) is 17.2 Å². The molecule has 0 saturated heterocycles. The summed E-state index contributed by atoms with van der Waals surface area (Å²) < 4.78 is 40.5. The number of benzene rings is 2. The molecular formula is C14H11ClF3N. The van der Waals surface area contributed by atoms with Crippen LogP contribution in [0.4, 0.5) is 13.2 Å². The van der Waals surface area contributed by atoms with E-state index in [1.807, 2.05) is 0 Å². The summed E-state index contributed by atoms with van der Waals surface area (Å²) in [5.41, 5.74) is 0.434. The average molecular weight is 286 g/mol. The van der Waals surface area contributed by atoms with Crippen LogP contribution in [0, 0.1) is 17.5 Å². The fraction of sp³-hybridized carbons (Fsp3) is 0.143. The topological polar surface area (TPSA) is 12.0 Å². The van der Waals surface area contributed by atoms with E-state index in [2.05, 4.69) is 5.32 Å². The van der Waals surface area contributed by atoms with Crippen LogP contribution in [0.2, 0.25) is 5.02 Å². The van der Waals surface area contributed by atoms with Crippen molar-refractivity contribution in [1.29, 1.82) is 0 Å². The summed E-state index contributed by atoms with van der Waals surface area (Å²) in [6, 6.07) is 7.37. The second-order valence-electron chi connectivity index (χ2n) is 4.01. The van der Waals surface area contributed by atoms with E-state index in [1.165, 1.54) is 24.3 Å². The Hall–Kier alpha value is -1.52. The smallest absolute Gasteiger partial charge is 0.163 e. The van der Waals surface area contributed by atoms with Crippen molar-refractivity contribution >= 4 is 11.6 Å². The molecule has 2 aromatic rings. The molecular weight excluding hydrogens is 275 g/mol. The van der Waals surface area contributed by atoms with Crippen molar-refractivity contribution in [3.63, 3.8) is 0 Å². The minimum Gasteiger partial charge on any atom is -0.309 e. The molecule has 1 unspecified atom stereocenters. The van der Waals surface area contributed by atoms with Gasteiger partial charge in [0, 0.05) is 5.56 Å². The number of hydrogen-bond donors (Lipinski definition) is 1. The van der Waals surface area contributed by atoms with Crippen LogP contribution in [0.25, 0.3) is 0 Å². The Morgan fingerprint density at radius 1 is 0.947 bits per heavy atom. The van der Waals surface area contributed by atoms with Gasteiger partial charge in [-0.25, -0.2) is 13.2 Å². The highest BCUT2D eigenvalue weighted by atomic mass is 35.5. The summed E-state index contributed by atoms with van der Waals surface area (Å²) in [6.45, 7) is 0. The highest BCUT2D eigenvalue weighted by Gasteiger charge is 2.21. The van der Waals surface area contributed by atoms with Crippen LogP contribution < -0.4 is 5.32 Å². The van der Waals surface area contributed by atoms with Crippen LogP contribution in [-0.2, 0) is 0 Å². The number of rotatable bonds is 3. The third-order valence-corrected chi connectivity index (χ3v) is 3.27. The summed E-state index contributed by atoms with van der Waals surface area (Å²) in [4.78, 5) is 0. The molecule has 0 amide bonds. The van der Waals surface area contributed by atoms with E-state index < -0.39 is 23.5 Å². The predicted molar refractivity (Wildman–Crippen MR) is 68.7 cm³/mol. The second kappa shape index (κ2) is 5.63. The lowest BCUT2D eigenvalue weighted by Gasteiger charge is -2.19. The van der Waals surface area contributed by atoms with Gasteiger partial charge in [-0.3, -0.25) is 0 Å². The van der Waals surface area contributed by atoms with Crippen molar-refractivity contribution < 1.29 is 13.2 Å². The minimum atomic E-state index is -0.970. The molecule has 2 aromatic carbocycles. The van der Waals surface area contributed by atoms with Gasteiger partial charge < -0.3 is 5.32 Å². The summed E-state index contributed by atoms with van der Waals surface area (Å²) in [7, 11) is 1.57. The van der Waals surface area contributed by atoms with E-state index in [9.17, 15) is 13.2 Å². The lowest BCUT2D eigenvalue weighted by atomic mass is 9.98. The van der Waals surface area contributed by atoms with Crippen molar-refractivity contribution in [2.24, 2.45) is 0 Å². The minimum absolute atomic E-state index is 0.0787. The van der Waals surface area contributed by atoms with Crippen molar-refractivity contribution in [3.05, 3.63) is 70.0 Å². The first kappa shape index (κ1) is 13.9. The molecule has 100 valence electrons. The quantitative estimate of drug-likeness (QED) is 0.896. The molecule has 0 radical (unpaired) electrons. The number of nitrogens with one attached hydrogen (secondary N) is 1. The molecule has 2 rings (SSSR count). The van der Waals surface area contributed by atoms with Gasteiger partial charge in [0.15, 0.2) is 11.6 Å². The molecule has 0 fully saturated rings. The summed E-state index contributed by atoms with van der Waals surface area (Å²) in [6.07, 6.45) is 0. The van der Waals surface area contributed by atoms with Gasteiger partial charge in [0.1, 0.15) is 5.82 Å².